The first-order chi connectivity index (χ1) is 11.1. The van der Waals surface area contributed by atoms with E-state index >= 15 is 0 Å². The Morgan fingerprint density at radius 2 is 2.00 bits per heavy atom. The number of fused-ring (bicyclic) bond motifs is 1. The minimum absolute atomic E-state index is 0.149. The molecule has 6 heteroatoms. The normalized spacial score (nSPS) is 11.7. The second-order valence-electron chi connectivity index (χ2n) is 4.93. The summed E-state index contributed by atoms with van der Waals surface area (Å²) in [6.07, 6.45) is 0. The van der Waals surface area contributed by atoms with Crippen molar-refractivity contribution in [3.8, 4) is 5.75 Å². The largest absolute Gasteiger partial charge is 0.508 e. The quantitative estimate of drug-likeness (QED) is 0.546. The minimum Gasteiger partial charge on any atom is -0.508 e. The van der Waals surface area contributed by atoms with Crippen LogP contribution in [0.15, 0.2) is 53.6 Å². The van der Waals surface area contributed by atoms with Gasteiger partial charge in [0.05, 0.1) is 10.7 Å². The van der Waals surface area contributed by atoms with Gasteiger partial charge in [-0.15, -0.1) is 11.3 Å². The highest BCUT2D eigenvalue weighted by Gasteiger charge is 2.16. The maximum atomic E-state index is 12.3. The monoisotopic (exact) mass is 344 g/mol. The topological polar surface area (TPSA) is 61.7 Å². The fourth-order valence-corrected chi connectivity index (χ4v) is 3.55. The molecule has 1 heterocycles. The van der Waals surface area contributed by atoms with Gasteiger partial charge in [0.25, 0.3) is 5.91 Å². The average Bonchev–Trinajstić information content (AvgIpc) is 2.90. The smallest absolute Gasteiger partial charge is 0.283 e. The summed E-state index contributed by atoms with van der Waals surface area (Å²) in [5, 5.41) is 14.9. The molecule has 3 rings (SSSR count). The van der Waals surface area contributed by atoms with E-state index < -0.39 is 0 Å². The van der Waals surface area contributed by atoms with E-state index in [1.807, 2.05) is 24.3 Å². The molecule has 1 aromatic heterocycles. The first kappa shape index (κ1) is 15.5. The number of hydrogen-bond acceptors (Lipinski definition) is 4. The van der Waals surface area contributed by atoms with Gasteiger partial charge in [-0.05, 0) is 25.1 Å². The van der Waals surface area contributed by atoms with E-state index in [-0.39, 0.29) is 11.7 Å². The molecule has 0 radical (unpaired) electrons. The Hall–Kier alpha value is -2.37. The number of rotatable bonds is 3. The Morgan fingerprint density at radius 3 is 2.74 bits per heavy atom. The SMILES string of the molecule is C/C(=N/NC(=O)c1sc2ccccc2c1Cl)c1cccc(O)c1. The summed E-state index contributed by atoms with van der Waals surface area (Å²) in [5.41, 5.74) is 3.83. The minimum atomic E-state index is -0.351. The van der Waals surface area contributed by atoms with Gasteiger partial charge >= 0.3 is 0 Å². The number of halogens is 1. The number of nitrogens with one attached hydrogen (secondary N) is 1. The van der Waals surface area contributed by atoms with Crippen LogP contribution in [0.1, 0.15) is 22.2 Å². The van der Waals surface area contributed by atoms with Crippen LogP contribution in [0.3, 0.4) is 0 Å². The summed E-state index contributed by atoms with van der Waals surface area (Å²) in [6.45, 7) is 1.75. The second-order valence-corrected chi connectivity index (χ2v) is 6.36. The summed E-state index contributed by atoms with van der Waals surface area (Å²) in [5.74, 6) is -0.202. The molecular formula is C17H13ClN2O2S. The summed E-state index contributed by atoms with van der Waals surface area (Å²) < 4.78 is 0.955. The van der Waals surface area contributed by atoms with Gasteiger partial charge in [-0.3, -0.25) is 4.79 Å². The van der Waals surface area contributed by atoms with Crippen molar-refractivity contribution in [2.75, 3.05) is 0 Å². The van der Waals surface area contributed by atoms with Crippen LogP contribution in [0, 0.1) is 0 Å². The van der Waals surface area contributed by atoms with Crippen LogP contribution in [0.5, 0.6) is 5.75 Å². The molecule has 0 unspecified atom stereocenters. The molecule has 0 saturated heterocycles. The Bertz CT molecular complexity index is 918. The van der Waals surface area contributed by atoms with E-state index in [1.54, 1.807) is 31.2 Å². The molecule has 0 saturated carbocycles. The van der Waals surface area contributed by atoms with Gasteiger partial charge in [0.2, 0.25) is 0 Å². The molecule has 2 N–H and O–H groups in total. The molecule has 116 valence electrons. The van der Waals surface area contributed by atoms with Gasteiger partial charge in [0.15, 0.2) is 0 Å². The van der Waals surface area contributed by atoms with Crippen LogP contribution in [-0.4, -0.2) is 16.7 Å². The molecular weight excluding hydrogens is 332 g/mol. The van der Waals surface area contributed by atoms with Crippen molar-refractivity contribution in [2.24, 2.45) is 5.10 Å². The van der Waals surface area contributed by atoms with E-state index in [1.165, 1.54) is 11.3 Å². The Morgan fingerprint density at radius 1 is 1.22 bits per heavy atom. The van der Waals surface area contributed by atoms with Crippen LogP contribution in [0.2, 0.25) is 5.02 Å². The van der Waals surface area contributed by atoms with Crippen LogP contribution < -0.4 is 5.43 Å². The highest BCUT2D eigenvalue weighted by Crippen LogP contribution is 2.34. The van der Waals surface area contributed by atoms with Gasteiger partial charge in [0, 0.05) is 15.6 Å². The molecule has 23 heavy (non-hydrogen) atoms. The number of hydrazone groups is 1. The van der Waals surface area contributed by atoms with Crippen molar-refractivity contribution < 1.29 is 9.90 Å². The zero-order chi connectivity index (χ0) is 16.4. The lowest BCUT2D eigenvalue weighted by atomic mass is 10.1. The van der Waals surface area contributed by atoms with Gasteiger partial charge in [0.1, 0.15) is 10.6 Å². The number of carbonyl (C=O) groups excluding carboxylic acids is 1. The lowest BCUT2D eigenvalue weighted by molar-refractivity contribution is 0.0959. The number of phenolic OH excluding ortho intramolecular Hbond substituents is 1. The Labute approximate surface area is 142 Å². The van der Waals surface area contributed by atoms with Crippen LogP contribution in [0.4, 0.5) is 0 Å². The van der Waals surface area contributed by atoms with Crippen molar-refractivity contribution in [1.29, 1.82) is 0 Å². The third-order valence-electron chi connectivity index (χ3n) is 3.33. The molecule has 0 bridgehead atoms. The molecule has 0 aliphatic carbocycles. The summed E-state index contributed by atoms with van der Waals surface area (Å²) in [6, 6.07) is 14.3. The summed E-state index contributed by atoms with van der Waals surface area (Å²) in [7, 11) is 0. The fourth-order valence-electron chi connectivity index (χ4n) is 2.14. The zero-order valence-corrected chi connectivity index (χ0v) is 13.8. The molecule has 4 nitrogen and oxygen atoms in total. The summed E-state index contributed by atoms with van der Waals surface area (Å²) in [4.78, 5) is 12.7. The maximum Gasteiger partial charge on any atom is 0.283 e. The molecule has 0 spiro atoms. The molecule has 0 aliphatic rings. The summed E-state index contributed by atoms with van der Waals surface area (Å²) >= 11 is 7.60. The van der Waals surface area contributed by atoms with Crippen LogP contribution in [-0.2, 0) is 0 Å². The van der Waals surface area contributed by atoms with Crippen molar-refractivity contribution in [3.05, 3.63) is 64.0 Å². The number of hydrogen-bond donors (Lipinski definition) is 2. The van der Waals surface area contributed by atoms with E-state index in [4.69, 9.17) is 11.6 Å². The molecule has 0 atom stereocenters. The van der Waals surface area contributed by atoms with E-state index in [0.29, 0.717) is 15.6 Å². The first-order valence-corrected chi connectivity index (χ1v) is 8.07. The van der Waals surface area contributed by atoms with Crippen LogP contribution >= 0.6 is 22.9 Å². The predicted molar refractivity (Wildman–Crippen MR) is 94.6 cm³/mol. The standard InChI is InChI=1S/C17H13ClN2O2S/c1-10(11-5-4-6-12(21)9-11)19-20-17(22)16-15(18)13-7-2-3-8-14(13)23-16/h2-9,21H,1H3,(H,20,22)/b19-10-. The average molecular weight is 345 g/mol. The predicted octanol–water partition coefficient (Wildman–Crippen LogP) is 4.41. The lowest BCUT2D eigenvalue weighted by Gasteiger charge is -2.03. The molecule has 3 aromatic rings. The first-order valence-electron chi connectivity index (χ1n) is 6.87. The number of phenols is 1. The number of carbonyl (C=O) groups is 1. The number of amides is 1. The fraction of sp³-hybridized carbons (Fsp3) is 0.0588. The van der Waals surface area contributed by atoms with Crippen LogP contribution in [0.25, 0.3) is 10.1 Å². The second kappa shape index (κ2) is 6.40. The maximum absolute atomic E-state index is 12.3. The van der Waals surface area contributed by atoms with Crippen molar-refractivity contribution >= 4 is 44.6 Å². The molecule has 1 amide bonds. The van der Waals surface area contributed by atoms with Gasteiger partial charge < -0.3 is 5.11 Å². The van der Waals surface area contributed by atoms with Crippen molar-refractivity contribution in [2.45, 2.75) is 6.92 Å². The number of thiophene rings is 1. The Balaban J connectivity index is 1.83. The van der Waals surface area contributed by atoms with E-state index in [2.05, 4.69) is 10.5 Å². The zero-order valence-electron chi connectivity index (χ0n) is 12.2. The van der Waals surface area contributed by atoms with Crippen molar-refractivity contribution in [3.63, 3.8) is 0 Å². The van der Waals surface area contributed by atoms with Gasteiger partial charge in [-0.25, -0.2) is 5.43 Å². The van der Waals surface area contributed by atoms with Gasteiger partial charge in [-0.1, -0.05) is 41.9 Å². The number of aromatic hydroxyl groups is 1. The highest BCUT2D eigenvalue weighted by atomic mass is 35.5. The van der Waals surface area contributed by atoms with Crippen molar-refractivity contribution in [1.82, 2.24) is 5.43 Å². The molecule has 0 fully saturated rings. The third-order valence-corrected chi connectivity index (χ3v) is 5.00. The van der Waals surface area contributed by atoms with E-state index in [9.17, 15) is 9.90 Å². The lowest BCUT2D eigenvalue weighted by Crippen LogP contribution is -2.18. The number of benzene rings is 2. The Kier molecular flexibility index (Phi) is 4.32. The van der Waals surface area contributed by atoms with Gasteiger partial charge in [-0.2, -0.15) is 5.10 Å². The molecule has 2 aromatic carbocycles. The number of nitrogens with zero attached hydrogens (tertiary/aromatic N) is 1. The highest BCUT2D eigenvalue weighted by molar-refractivity contribution is 7.21. The third kappa shape index (κ3) is 3.21. The molecule has 0 aliphatic heterocycles. The van der Waals surface area contributed by atoms with E-state index in [0.717, 1.165) is 15.6 Å².